The molecule has 0 aliphatic heterocycles. The van der Waals surface area contributed by atoms with Gasteiger partial charge in [-0.25, -0.2) is 0 Å². The van der Waals surface area contributed by atoms with E-state index in [2.05, 4.69) is 0 Å². The molecule has 0 heterocycles. The first-order valence-electron chi connectivity index (χ1n) is 4.29. The van der Waals surface area contributed by atoms with Gasteiger partial charge in [0.25, 0.3) is 0 Å². The van der Waals surface area contributed by atoms with Gasteiger partial charge in [0.1, 0.15) is 6.10 Å². The van der Waals surface area contributed by atoms with Gasteiger partial charge in [0.15, 0.2) is 5.78 Å². The minimum Gasteiger partial charge on any atom is -0.393 e. The van der Waals surface area contributed by atoms with Gasteiger partial charge in [-0.05, 0) is 13.8 Å². The molecule has 0 fully saturated rings. The van der Waals surface area contributed by atoms with Crippen LogP contribution in [0.1, 0.15) is 27.7 Å². The largest absolute Gasteiger partial charge is 0.393 e. The Hall–Kier alpha value is -0.410. The van der Waals surface area contributed by atoms with E-state index in [1.54, 1.807) is 13.8 Å². The Morgan fingerprint density at radius 3 is 2.08 bits per heavy atom. The first-order chi connectivity index (χ1) is 5.49. The molecule has 0 rings (SSSR count). The molecule has 3 nitrogen and oxygen atoms in total. The van der Waals surface area contributed by atoms with Crippen LogP contribution >= 0.6 is 0 Å². The van der Waals surface area contributed by atoms with Crippen molar-refractivity contribution >= 4 is 5.78 Å². The van der Waals surface area contributed by atoms with Crippen LogP contribution < -0.4 is 0 Å². The van der Waals surface area contributed by atoms with Crippen molar-refractivity contribution in [3.63, 3.8) is 0 Å². The second-order valence-corrected chi connectivity index (χ2v) is 3.41. The average molecular weight is 174 g/mol. The van der Waals surface area contributed by atoms with Gasteiger partial charge < -0.3 is 9.84 Å². The van der Waals surface area contributed by atoms with E-state index < -0.39 is 6.10 Å². The number of hydrogen-bond acceptors (Lipinski definition) is 3. The maximum absolute atomic E-state index is 11.3. The molecule has 0 aliphatic rings. The van der Waals surface area contributed by atoms with E-state index in [0.717, 1.165) is 0 Å². The molecule has 0 bridgehead atoms. The number of ether oxygens (including phenoxy) is 1. The first kappa shape index (κ1) is 11.6. The smallest absolute Gasteiger partial charge is 0.166 e. The summed E-state index contributed by atoms with van der Waals surface area (Å²) >= 11 is 0. The highest BCUT2D eigenvalue weighted by Crippen LogP contribution is 2.05. The van der Waals surface area contributed by atoms with Crippen molar-refractivity contribution in [1.29, 1.82) is 0 Å². The van der Waals surface area contributed by atoms with Gasteiger partial charge in [-0.1, -0.05) is 13.8 Å². The Morgan fingerprint density at radius 1 is 1.33 bits per heavy atom. The number of carbonyl (C=O) groups is 1. The second-order valence-electron chi connectivity index (χ2n) is 3.41. The van der Waals surface area contributed by atoms with Gasteiger partial charge in [0.2, 0.25) is 0 Å². The van der Waals surface area contributed by atoms with Crippen molar-refractivity contribution in [2.45, 2.75) is 39.9 Å². The summed E-state index contributed by atoms with van der Waals surface area (Å²) < 4.78 is 5.22. The van der Waals surface area contributed by atoms with Crippen LogP contribution in [0.3, 0.4) is 0 Å². The van der Waals surface area contributed by atoms with E-state index >= 15 is 0 Å². The molecule has 0 aliphatic carbocycles. The lowest BCUT2D eigenvalue weighted by atomic mass is 10.0. The molecule has 0 spiro atoms. The highest BCUT2D eigenvalue weighted by molar-refractivity contribution is 5.84. The third kappa shape index (κ3) is 3.83. The van der Waals surface area contributed by atoms with Gasteiger partial charge in [0, 0.05) is 5.92 Å². The summed E-state index contributed by atoms with van der Waals surface area (Å²) in [6, 6.07) is 0. The number of aliphatic hydroxyl groups is 1. The quantitative estimate of drug-likeness (QED) is 0.676. The fraction of sp³-hybridized carbons (Fsp3) is 0.889. The van der Waals surface area contributed by atoms with Crippen LogP contribution in [0.5, 0.6) is 0 Å². The number of aliphatic hydroxyl groups excluding tert-OH is 1. The molecule has 0 amide bonds. The molecule has 0 radical (unpaired) electrons. The summed E-state index contributed by atoms with van der Waals surface area (Å²) in [7, 11) is 0. The zero-order valence-corrected chi connectivity index (χ0v) is 8.20. The third-order valence-electron chi connectivity index (χ3n) is 1.49. The van der Waals surface area contributed by atoms with Crippen LogP contribution in [0.4, 0.5) is 0 Å². The van der Waals surface area contributed by atoms with Crippen molar-refractivity contribution in [1.82, 2.24) is 0 Å². The molecular weight excluding hydrogens is 156 g/mol. The van der Waals surface area contributed by atoms with Crippen LogP contribution in [0, 0.1) is 5.92 Å². The van der Waals surface area contributed by atoms with Gasteiger partial charge in [-0.2, -0.15) is 0 Å². The number of hydrogen-bond donors (Lipinski definition) is 1. The van der Waals surface area contributed by atoms with Gasteiger partial charge in [-0.15, -0.1) is 0 Å². The number of Topliss-reactive ketones (excluding diaryl/α,β-unsaturated/α-hetero) is 1. The van der Waals surface area contributed by atoms with Crippen molar-refractivity contribution in [2.24, 2.45) is 5.92 Å². The molecule has 0 aromatic heterocycles. The van der Waals surface area contributed by atoms with E-state index in [0.29, 0.717) is 0 Å². The molecule has 1 N–H and O–H groups in total. The Balaban J connectivity index is 4.06. The van der Waals surface area contributed by atoms with Crippen molar-refractivity contribution in [2.75, 3.05) is 6.61 Å². The summed E-state index contributed by atoms with van der Waals surface area (Å²) in [5.74, 6) is -0.118. The minimum atomic E-state index is -0.648. The SMILES string of the molecule is CC(C)OC(CO)C(=O)C(C)C. The molecule has 0 aromatic rings. The third-order valence-corrected chi connectivity index (χ3v) is 1.49. The lowest BCUT2D eigenvalue weighted by Crippen LogP contribution is -2.33. The maximum atomic E-state index is 11.3. The molecule has 1 unspecified atom stereocenters. The van der Waals surface area contributed by atoms with Crippen LogP contribution in [-0.2, 0) is 9.53 Å². The van der Waals surface area contributed by atoms with Crippen LogP contribution in [0.25, 0.3) is 0 Å². The monoisotopic (exact) mass is 174 g/mol. The van der Waals surface area contributed by atoms with Gasteiger partial charge in [-0.3, -0.25) is 4.79 Å². The summed E-state index contributed by atoms with van der Waals surface area (Å²) in [6.45, 7) is 7.06. The maximum Gasteiger partial charge on any atom is 0.166 e. The minimum absolute atomic E-state index is 0.0233. The lowest BCUT2D eigenvalue weighted by Gasteiger charge is -2.18. The number of rotatable bonds is 5. The topological polar surface area (TPSA) is 46.5 Å². The molecule has 0 saturated carbocycles. The Bertz CT molecular complexity index is 141. The van der Waals surface area contributed by atoms with Crippen LogP contribution in [-0.4, -0.2) is 29.7 Å². The predicted octanol–water partition coefficient (Wildman–Crippen LogP) is 0.997. The van der Waals surface area contributed by atoms with E-state index in [1.165, 1.54) is 0 Å². The van der Waals surface area contributed by atoms with E-state index in [1.807, 2.05) is 13.8 Å². The normalized spacial score (nSPS) is 13.9. The number of ketones is 1. The standard InChI is InChI=1S/C9H18O3/c1-6(2)9(11)8(5-10)12-7(3)4/h6-8,10H,5H2,1-4H3. The summed E-state index contributed by atoms with van der Waals surface area (Å²) in [5, 5.41) is 8.85. The first-order valence-corrected chi connectivity index (χ1v) is 4.29. The highest BCUT2D eigenvalue weighted by atomic mass is 16.5. The molecular formula is C9H18O3. The summed E-state index contributed by atoms with van der Waals surface area (Å²) in [6.07, 6.45) is -0.671. The lowest BCUT2D eigenvalue weighted by molar-refractivity contribution is -0.139. The highest BCUT2D eigenvalue weighted by Gasteiger charge is 2.21. The Labute approximate surface area is 73.7 Å². The fourth-order valence-electron chi connectivity index (χ4n) is 0.900. The fourth-order valence-corrected chi connectivity index (χ4v) is 0.900. The molecule has 3 heteroatoms. The second kappa shape index (κ2) is 5.27. The van der Waals surface area contributed by atoms with Crippen LogP contribution in [0.2, 0.25) is 0 Å². The Kier molecular flexibility index (Phi) is 5.09. The number of carbonyl (C=O) groups excluding carboxylic acids is 1. The zero-order chi connectivity index (χ0) is 9.72. The summed E-state index contributed by atoms with van der Waals surface area (Å²) in [5.41, 5.74) is 0. The van der Waals surface area contributed by atoms with Crippen molar-refractivity contribution in [3.8, 4) is 0 Å². The van der Waals surface area contributed by atoms with Gasteiger partial charge in [0.05, 0.1) is 12.7 Å². The van der Waals surface area contributed by atoms with Gasteiger partial charge >= 0.3 is 0 Å². The van der Waals surface area contributed by atoms with E-state index in [-0.39, 0.29) is 24.4 Å². The molecule has 0 aromatic carbocycles. The Morgan fingerprint density at radius 2 is 1.83 bits per heavy atom. The zero-order valence-electron chi connectivity index (χ0n) is 8.20. The molecule has 1 atom stereocenters. The molecule has 72 valence electrons. The van der Waals surface area contributed by atoms with E-state index in [9.17, 15) is 4.79 Å². The summed E-state index contributed by atoms with van der Waals surface area (Å²) in [4.78, 5) is 11.3. The van der Waals surface area contributed by atoms with Crippen LogP contribution in [0.15, 0.2) is 0 Å². The van der Waals surface area contributed by atoms with E-state index in [4.69, 9.17) is 9.84 Å². The average Bonchev–Trinajstić information content (AvgIpc) is 1.98. The predicted molar refractivity (Wildman–Crippen MR) is 46.9 cm³/mol. The van der Waals surface area contributed by atoms with Crippen molar-refractivity contribution < 1.29 is 14.6 Å². The van der Waals surface area contributed by atoms with Crippen molar-refractivity contribution in [3.05, 3.63) is 0 Å². The molecule has 0 saturated heterocycles. The molecule has 12 heavy (non-hydrogen) atoms.